The van der Waals surface area contributed by atoms with Crippen molar-refractivity contribution in [1.29, 1.82) is 0 Å². The summed E-state index contributed by atoms with van der Waals surface area (Å²) in [5.74, 6) is -2.25. The van der Waals surface area contributed by atoms with Gasteiger partial charge in [-0.1, -0.05) is 25.1 Å². The number of carboxylic acids is 1. The third kappa shape index (κ3) is 5.89. The Bertz CT molecular complexity index is 1310. The van der Waals surface area contributed by atoms with Gasteiger partial charge in [0.05, 0.1) is 22.4 Å². The van der Waals surface area contributed by atoms with Gasteiger partial charge in [0, 0.05) is 16.6 Å². The Hall–Kier alpha value is -4.09. The quantitative estimate of drug-likeness (QED) is 0.274. The molecule has 3 aromatic rings. The average molecular weight is 496 g/mol. The topological polar surface area (TPSA) is 101 Å². The predicted octanol–water partition coefficient (Wildman–Crippen LogP) is 6.29. The van der Waals surface area contributed by atoms with Gasteiger partial charge < -0.3 is 16.2 Å². The van der Waals surface area contributed by atoms with Crippen LogP contribution in [0.4, 0.5) is 37.8 Å². The molecule has 2 aromatic carbocycles. The van der Waals surface area contributed by atoms with Gasteiger partial charge in [0.1, 0.15) is 5.82 Å². The zero-order valence-electron chi connectivity index (χ0n) is 18.0. The minimum Gasteiger partial charge on any atom is -0.475 e. The fraction of sp³-hybridized carbons (Fsp3) is 0.174. The van der Waals surface area contributed by atoms with Crippen LogP contribution in [0, 0.1) is 0 Å². The summed E-state index contributed by atoms with van der Waals surface area (Å²) in [7, 11) is 0. The van der Waals surface area contributed by atoms with E-state index in [-0.39, 0.29) is 28.0 Å². The highest BCUT2D eigenvalue weighted by molar-refractivity contribution is 5.96. The zero-order valence-corrected chi connectivity index (χ0v) is 18.0. The number of aromatic carboxylic acids is 1. The van der Waals surface area contributed by atoms with E-state index in [0.717, 1.165) is 30.3 Å². The molecular weight excluding hydrogens is 478 g/mol. The Kier molecular flexibility index (Phi) is 7.04. The molecule has 0 radical (unpaired) electrons. The number of rotatable bonds is 6. The number of benzene rings is 2. The number of hydrogen-bond donors (Lipinski definition) is 3. The van der Waals surface area contributed by atoms with Gasteiger partial charge in [-0.05, 0) is 42.8 Å². The highest BCUT2D eigenvalue weighted by Crippen LogP contribution is 2.34. The highest BCUT2D eigenvalue weighted by Gasteiger charge is 2.34. The van der Waals surface area contributed by atoms with Crippen molar-refractivity contribution in [3.8, 4) is 0 Å². The smallest absolute Gasteiger partial charge is 0.418 e. The van der Waals surface area contributed by atoms with Gasteiger partial charge in [-0.3, -0.25) is 0 Å². The summed E-state index contributed by atoms with van der Waals surface area (Å²) in [5, 5.41) is 12.3. The second-order valence-corrected chi connectivity index (χ2v) is 7.27. The van der Waals surface area contributed by atoms with E-state index in [1.807, 2.05) is 0 Å². The number of allylic oxidation sites excluding steroid dienone is 3. The van der Waals surface area contributed by atoms with E-state index >= 15 is 0 Å². The van der Waals surface area contributed by atoms with E-state index in [1.165, 1.54) is 24.3 Å². The second kappa shape index (κ2) is 9.65. The van der Waals surface area contributed by atoms with Crippen molar-refractivity contribution in [3.63, 3.8) is 0 Å². The number of aromatic nitrogens is 2. The zero-order chi connectivity index (χ0) is 26.0. The molecule has 1 heterocycles. The maximum atomic E-state index is 13.5. The summed E-state index contributed by atoms with van der Waals surface area (Å²) in [4.78, 5) is 19.3. The van der Waals surface area contributed by atoms with E-state index in [9.17, 15) is 36.2 Å². The molecule has 35 heavy (non-hydrogen) atoms. The molecule has 0 aliphatic carbocycles. The van der Waals surface area contributed by atoms with Crippen molar-refractivity contribution in [2.45, 2.75) is 25.7 Å². The third-order valence-electron chi connectivity index (χ3n) is 4.79. The molecule has 0 bridgehead atoms. The molecule has 3 rings (SSSR count). The first-order valence-corrected chi connectivity index (χ1v) is 10.0. The van der Waals surface area contributed by atoms with Crippen LogP contribution in [0.2, 0.25) is 0 Å². The van der Waals surface area contributed by atoms with Gasteiger partial charge in [-0.25, -0.2) is 14.8 Å². The van der Waals surface area contributed by atoms with Gasteiger partial charge in [-0.15, -0.1) is 0 Å². The van der Waals surface area contributed by atoms with Crippen LogP contribution in [-0.4, -0.2) is 27.2 Å². The van der Waals surface area contributed by atoms with Crippen molar-refractivity contribution in [2.75, 3.05) is 5.32 Å². The highest BCUT2D eigenvalue weighted by atomic mass is 19.4. The van der Waals surface area contributed by atoms with Crippen LogP contribution in [-0.2, 0) is 6.18 Å². The van der Waals surface area contributed by atoms with Gasteiger partial charge in [0.2, 0.25) is 5.82 Å². The summed E-state index contributed by atoms with van der Waals surface area (Å²) in [6.45, 7) is 1.66. The second-order valence-electron chi connectivity index (χ2n) is 7.27. The standard InChI is InChI=1S/C23H18F6N4O2/c1-2-3-4-16(23(27,28)29)18(30)12-5-10-15-17(11-12)32-20(21(34)35)33-19(15)31-14-8-6-13(7-9-14)22(24,25)26/h3-11H,2,30H2,1H3,(H,34,35)(H,31,32,33)/b4-3-,18-16+. The maximum Gasteiger partial charge on any atom is 0.418 e. The molecule has 0 spiro atoms. The van der Waals surface area contributed by atoms with Crippen molar-refractivity contribution in [2.24, 2.45) is 5.73 Å². The Labute approximate surface area is 194 Å². The molecule has 0 unspecified atom stereocenters. The van der Waals surface area contributed by atoms with Crippen molar-refractivity contribution < 1.29 is 36.2 Å². The van der Waals surface area contributed by atoms with Crippen LogP contribution in [0.15, 0.2) is 60.2 Å². The monoisotopic (exact) mass is 496 g/mol. The molecule has 0 aliphatic rings. The Morgan fingerprint density at radius 3 is 2.26 bits per heavy atom. The minimum absolute atomic E-state index is 0.0340. The third-order valence-corrected chi connectivity index (χ3v) is 4.79. The molecule has 0 fully saturated rings. The van der Waals surface area contributed by atoms with Crippen LogP contribution >= 0.6 is 0 Å². The van der Waals surface area contributed by atoms with E-state index in [1.54, 1.807) is 6.92 Å². The first-order valence-electron chi connectivity index (χ1n) is 10.0. The van der Waals surface area contributed by atoms with Crippen molar-refractivity contribution in [1.82, 2.24) is 9.97 Å². The fourth-order valence-corrected chi connectivity index (χ4v) is 3.10. The molecule has 4 N–H and O–H groups in total. The van der Waals surface area contributed by atoms with E-state index in [0.29, 0.717) is 6.42 Å². The number of nitrogens with zero attached hydrogens (tertiary/aromatic N) is 2. The van der Waals surface area contributed by atoms with Crippen LogP contribution in [0.3, 0.4) is 0 Å². The summed E-state index contributed by atoms with van der Waals surface area (Å²) >= 11 is 0. The van der Waals surface area contributed by atoms with Crippen LogP contribution in [0.25, 0.3) is 16.6 Å². The fourth-order valence-electron chi connectivity index (χ4n) is 3.10. The predicted molar refractivity (Wildman–Crippen MR) is 118 cm³/mol. The number of anilines is 2. The summed E-state index contributed by atoms with van der Waals surface area (Å²) in [6.07, 6.45) is -6.77. The number of carbonyl (C=O) groups is 1. The van der Waals surface area contributed by atoms with Crippen LogP contribution < -0.4 is 11.1 Å². The normalized spacial score (nSPS) is 13.2. The average Bonchev–Trinajstić information content (AvgIpc) is 2.77. The van der Waals surface area contributed by atoms with Gasteiger partial charge in [-0.2, -0.15) is 26.3 Å². The lowest BCUT2D eigenvalue weighted by Gasteiger charge is -2.14. The van der Waals surface area contributed by atoms with Gasteiger partial charge >= 0.3 is 18.3 Å². The summed E-state index contributed by atoms with van der Waals surface area (Å²) in [6, 6.07) is 7.72. The van der Waals surface area contributed by atoms with E-state index in [2.05, 4.69) is 15.3 Å². The van der Waals surface area contributed by atoms with Crippen molar-refractivity contribution in [3.05, 3.63) is 77.1 Å². The number of halogens is 6. The number of nitrogens with two attached hydrogens (primary N) is 1. The Morgan fingerprint density at radius 2 is 1.71 bits per heavy atom. The largest absolute Gasteiger partial charge is 0.475 e. The molecule has 0 saturated heterocycles. The molecule has 1 aromatic heterocycles. The lowest BCUT2D eigenvalue weighted by molar-refractivity contribution is -0.137. The Morgan fingerprint density at radius 1 is 1.06 bits per heavy atom. The molecule has 6 nitrogen and oxygen atoms in total. The molecule has 0 saturated carbocycles. The first-order chi connectivity index (χ1) is 16.3. The number of nitrogens with one attached hydrogen (secondary N) is 1. The van der Waals surface area contributed by atoms with E-state index in [4.69, 9.17) is 5.73 Å². The molecule has 0 aliphatic heterocycles. The van der Waals surface area contributed by atoms with E-state index < -0.39 is 41.0 Å². The summed E-state index contributed by atoms with van der Waals surface area (Å²) < 4.78 is 78.9. The molecule has 12 heteroatoms. The van der Waals surface area contributed by atoms with Crippen LogP contribution in [0.5, 0.6) is 0 Å². The maximum absolute atomic E-state index is 13.5. The number of alkyl halides is 6. The first kappa shape index (κ1) is 25.5. The van der Waals surface area contributed by atoms with Crippen molar-refractivity contribution >= 4 is 34.1 Å². The van der Waals surface area contributed by atoms with Crippen LogP contribution in [0.1, 0.15) is 35.1 Å². The SMILES string of the molecule is CC/C=C\C(=C(/N)c1ccc2c(Nc3ccc(C(F)(F)F)cc3)nc(C(=O)O)nc2c1)C(F)(F)F. The minimum atomic E-state index is -4.74. The molecule has 0 amide bonds. The van der Waals surface area contributed by atoms with Gasteiger partial charge in [0.15, 0.2) is 0 Å². The number of carboxylic acid groups (broad SMARTS) is 1. The van der Waals surface area contributed by atoms with Gasteiger partial charge in [0.25, 0.3) is 0 Å². The number of fused-ring (bicyclic) bond motifs is 1. The molecular formula is C23H18F6N4O2. The summed E-state index contributed by atoms with van der Waals surface area (Å²) in [5.41, 5.74) is 3.34. The Balaban J connectivity index is 2.12. The lowest BCUT2D eigenvalue weighted by Crippen LogP contribution is -2.16. The molecule has 0 atom stereocenters. The number of hydrogen-bond acceptors (Lipinski definition) is 5. The molecule has 184 valence electrons. The lowest BCUT2D eigenvalue weighted by atomic mass is 10.0.